The van der Waals surface area contributed by atoms with Crippen molar-refractivity contribution in [3.63, 3.8) is 0 Å². The maximum absolute atomic E-state index is 13.7. The summed E-state index contributed by atoms with van der Waals surface area (Å²) in [6, 6.07) is 22.8. The third-order valence-corrected chi connectivity index (χ3v) is 7.45. The molecule has 5 rings (SSSR count). The quantitative estimate of drug-likeness (QED) is 0.212. The zero-order valence-electron chi connectivity index (χ0n) is 22.8. The van der Waals surface area contributed by atoms with Crippen molar-refractivity contribution in [2.24, 2.45) is 0 Å². The molecule has 1 aliphatic rings. The Balaban J connectivity index is 1.34. The van der Waals surface area contributed by atoms with Crippen LogP contribution in [-0.2, 0) is 16.1 Å². The van der Waals surface area contributed by atoms with E-state index in [-0.39, 0.29) is 34.6 Å². The van der Waals surface area contributed by atoms with Crippen molar-refractivity contribution in [2.45, 2.75) is 51.3 Å². The van der Waals surface area contributed by atoms with Crippen LogP contribution in [-0.4, -0.2) is 22.4 Å². The van der Waals surface area contributed by atoms with Gasteiger partial charge in [0, 0.05) is 18.2 Å². The van der Waals surface area contributed by atoms with E-state index in [1.54, 1.807) is 19.1 Å². The number of nitrogens with two attached hydrogens (primary N) is 1. The molecule has 0 aliphatic heterocycles. The van der Waals surface area contributed by atoms with E-state index >= 15 is 0 Å². The van der Waals surface area contributed by atoms with E-state index in [0.717, 1.165) is 36.8 Å². The average Bonchev–Trinajstić information content (AvgIpc) is 3.49. The summed E-state index contributed by atoms with van der Waals surface area (Å²) in [6.07, 6.45) is 3.91. The van der Waals surface area contributed by atoms with E-state index in [9.17, 15) is 18.8 Å². The second kappa shape index (κ2) is 12.3. The number of halogens is 1. The summed E-state index contributed by atoms with van der Waals surface area (Å²) in [6.45, 7) is 1.96. The van der Waals surface area contributed by atoms with Crippen molar-refractivity contribution >= 4 is 17.6 Å². The topological polar surface area (TPSA) is 103 Å². The maximum Gasteiger partial charge on any atom is 0.328 e. The summed E-state index contributed by atoms with van der Waals surface area (Å²) in [5, 5.41) is 3.32. The fraction of sp³-hybridized carbons (Fsp3) is 0.242. The van der Waals surface area contributed by atoms with Crippen LogP contribution in [0.15, 0.2) is 89.7 Å². The molecule has 3 N–H and O–H groups in total. The van der Waals surface area contributed by atoms with Crippen LogP contribution in [0.5, 0.6) is 0 Å². The SMILES string of the molecule is Cc1cc(C(=O)c2ccc(=O)n(-c3ccc(CNC(C(=O)OC4CCCC4)c4ccccc4)cc3)c2N)ccc1F. The van der Waals surface area contributed by atoms with Crippen LogP contribution in [0.4, 0.5) is 10.2 Å². The van der Waals surface area contributed by atoms with Crippen LogP contribution in [0, 0.1) is 12.7 Å². The Hall–Kier alpha value is -4.56. The summed E-state index contributed by atoms with van der Waals surface area (Å²) in [7, 11) is 0. The Morgan fingerprint density at radius 2 is 1.71 bits per heavy atom. The maximum atomic E-state index is 13.7. The molecular formula is C33H32FN3O4. The highest BCUT2D eigenvalue weighted by atomic mass is 19.1. The number of hydrogen-bond acceptors (Lipinski definition) is 6. The Kier molecular flexibility index (Phi) is 8.40. The number of carbonyl (C=O) groups is 2. The van der Waals surface area contributed by atoms with E-state index in [0.29, 0.717) is 17.8 Å². The highest BCUT2D eigenvalue weighted by molar-refractivity contribution is 6.11. The molecule has 1 saturated carbocycles. The lowest BCUT2D eigenvalue weighted by Crippen LogP contribution is -2.32. The van der Waals surface area contributed by atoms with Gasteiger partial charge in [0.1, 0.15) is 23.8 Å². The summed E-state index contributed by atoms with van der Waals surface area (Å²) in [5.41, 5.74) is 8.89. The molecule has 210 valence electrons. The first-order chi connectivity index (χ1) is 19.8. The minimum absolute atomic E-state index is 0.00541. The van der Waals surface area contributed by atoms with Gasteiger partial charge >= 0.3 is 5.97 Å². The highest BCUT2D eigenvalue weighted by Crippen LogP contribution is 2.25. The van der Waals surface area contributed by atoms with Crippen molar-refractivity contribution < 1.29 is 18.7 Å². The molecule has 1 aliphatic carbocycles. The lowest BCUT2D eigenvalue weighted by atomic mass is 10.0. The number of aryl methyl sites for hydroxylation is 1. The van der Waals surface area contributed by atoms with Gasteiger partial charge in [0.05, 0.1) is 11.3 Å². The van der Waals surface area contributed by atoms with Gasteiger partial charge < -0.3 is 10.5 Å². The Labute approximate surface area is 237 Å². The normalized spacial score (nSPS) is 14.1. The molecule has 1 heterocycles. The number of benzene rings is 3. The third kappa shape index (κ3) is 6.28. The number of aromatic nitrogens is 1. The Morgan fingerprint density at radius 3 is 2.39 bits per heavy atom. The molecular weight excluding hydrogens is 521 g/mol. The number of nitrogens with one attached hydrogen (secondary N) is 1. The number of rotatable bonds is 9. The van der Waals surface area contributed by atoms with Crippen LogP contribution >= 0.6 is 0 Å². The van der Waals surface area contributed by atoms with Crippen molar-refractivity contribution in [1.82, 2.24) is 9.88 Å². The molecule has 3 aromatic carbocycles. The van der Waals surface area contributed by atoms with Crippen molar-refractivity contribution in [3.05, 3.63) is 129 Å². The van der Waals surface area contributed by atoms with Gasteiger partial charge in [0.15, 0.2) is 5.78 Å². The number of ether oxygens (including phenoxy) is 1. The molecule has 0 spiro atoms. The first kappa shape index (κ1) is 28.0. The van der Waals surface area contributed by atoms with E-state index in [2.05, 4.69) is 5.32 Å². The molecule has 1 fully saturated rings. The largest absolute Gasteiger partial charge is 0.461 e. The fourth-order valence-electron chi connectivity index (χ4n) is 5.16. The summed E-state index contributed by atoms with van der Waals surface area (Å²) < 4.78 is 20.8. The second-order valence-corrected chi connectivity index (χ2v) is 10.3. The van der Waals surface area contributed by atoms with Crippen molar-refractivity contribution in [3.8, 4) is 5.69 Å². The molecule has 0 amide bonds. The van der Waals surface area contributed by atoms with Crippen LogP contribution < -0.4 is 16.6 Å². The Bertz CT molecular complexity index is 1610. The van der Waals surface area contributed by atoms with E-state index in [1.807, 2.05) is 42.5 Å². The van der Waals surface area contributed by atoms with Crippen LogP contribution in [0.25, 0.3) is 5.69 Å². The lowest BCUT2D eigenvalue weighted by Gasteiger charge is -2.21. The second-order valence-electron chi connectivity index (χ2n) is 10.3. The molecule has 8 heteroatoms. The third-order valence-electron chi connectivity index (χ3n) is 7.45. The molecule has 1 unspecified atom stereocenters. The smallest absolute Gasteiger partial charge is 0.328 e. The zero-order valence-corrected chi connectivity index (χ0v) is 22.8. The molecule has 0 saturated heterocycles. The number of esters is 1. The van der Waals surface area contributed by atoms with Crippen molar-refractivity contribution in [2.75, 3.05) is 5.73 Å². The molecule has 1 atom stereocenters. The predicted octanol–water partition coefficient (Wildman–Crippen LogP) is 5.41. The van der Waals surface area contributed by atoms with E-state index in [1.165, 1.54) is 34.9 Å². The van der Waals surface area contributed by atoms with E-state index < -0.39 is 17.6 Å². The minimum atomic E-state index is -0.618. The van der Waals surface area contributed by atoms with Crippen LogP contribution in [0.2, 0.25) is 0 Å². The van der Waals surface area contributed by atoms with Gasteiger partial charge in [-0.25, -0.2) is 9.18 Å². The van der Waals surface area contributed by atoms with Gasteiger partial charge in [-0.1, -0.05) is 42.5 Å². The van der Waals surface area contributed by atoms with Gasteiger partial charge in [-0.05, 0) is 85.7 Å². The van der Waals surface area contributed by atoms with Crippen LogP contribution in [0.3, 0.4) is 0 Å². The molecule has 4 aromatic rings. The summed E-state index contributed by atoms with van der Waals surface area (Å²) in [4.78, 5) is 39.0. The summed E-state index contributed by atoms with van der Waals surface area (Å²) >= 11 is 0. The molecule has 1 aromatic heterocycles. The van der Waals surface area contributed by atoms with Crippen LogP contribution in [0.1, 0.15) is 64.3 Å². The number of hydrogen-bond donors (Lipinski definition) is 2. The first-order valence-electron chi connectivity index (χ1n) is 13.7. The zero-order chi connectivity index (χ0) is 28.9. The number of ketones is 1. The minimum Gasteiger partial charge on any atom is -0.461 e. The van der Waals surface area contributed by atoms with Gasteiger partial charge in [0.2, 0.25) is 0 Å². The highest BCUT2D eigenvalue weighted by Gasteiger charge is 2.26. The molecule has 0 radical (unpaired) electrons. The number of nitrogens with zero attached hydrogens (tertiary/aromatic N) is 1. The number of carbonyl (C=O) groups excluding carboxylic acids is 2. The van der Waals surface area contributed by atoms with Gasteiger partial charge in [-0.3, -0.25) is 19.5 Å². The number of pyridine rings is 1. The van der Waals surface area contributed by atoms with Gasteiger partial charge in [0.25, 0.3) is 5.56 Å². The van der Waals surface area contributed by atoms with Gasteiger partial charge in [-0.2, -0.15) is 0 Å². The fourth-order valence-corrected chi connectivity index (χ4v) is 5.16. The predicted molar refractivity (Wildman–Crippen MR) is 155 cm³/mol. The van der Waals surface area contributed by atoms with E-state index in [4.69, 9.17) is 10.5 Å². The monoisotopic (exact) mass is 553 g/mol. The number of nitrogen functional groups attached to an aromatic ring is 1. The van der Waals surface area contributed by atoms with Crippen molar-refractivity contribution in [1.29, 1.82) is 0 Å². The first-order valence-corrected chi connectivity index (χ1v) is 13.7. The Morgan fingerprint density at radius 1 is 1.00 bits per heavy atom. The lowest BCUT2D eigenvalue weighted by molar-refractivity contribution is -0.151. The molecule has 7 nitrogen and oxygen atoms in total. The standard InChI is InChI=1S/C33H32FN3O4/c1-21-19-24(13-17-28(21)34)31(39)27-16-18-29(38)37(32(27)35)25-14-11-22(12-15-25)20-36-30(23-7-3-2-4-8-23)33(40)41-26-9-5-6-10-26/h2-4,7-8,11-19,26,30,36H,5-6,9-10,20,35H2,1H3. The molecule has 41 heavy (non-hydrogen) atoms. The summed E-state index contributed by atoms with van der Waals surface area (Å²) in [5.74, 6) is -1.11. The molecule has 0 bridgehead atoms. The van der Waals surface area contributed by atoms with Gasteiger partial charge in [-0.15, -0.1) is 0 Å². The number of anilines is 1. The average molecular weight is 554 g/mol.